The highest BCUT2D eigenvalue weighted by atomic mass is 35.5. The zero-order valence-corrected chi connectivity index (χ0v) is 16.0. The molecule has 7 heteroatoms. The first-order valence-corrected chi connectivity index (χ1v) is 9.21. The predicted octanol–water partition coefficient (Wildman–Crippen LogP) is 3.17. The molecule has 0 unspecified atom stereocenters. The highest BCUT2D eigenvalue weighted by Crippen LogP contribution is 2.22. The number of hydrogen-bond acceptors (Lipinski definition) is 3. The first-order chi connectivity index (χ1) is 12.4. The van der Waals surface area contributed by atoms with Gasteiger partial charge in [-0.25, -0.2) is 0 Å². The second kappa shape index (κ2) is 7.50. The maximum atomic E-state index is 12.9. The molecule has 138 valence electrons. The lowest BCUT2D eigenvalue weighted by molar-refractivity contribution is -0.120. The minimum absolute atomic E-state index is 0.0528. The molecule has 0 aliphatic carbocycles. The van der Waals surface area contributed by atoms with Crippen LogP contribution in [0.5, 0.6) is 0 Å². The van der Waals surface area contributed by atoms with E-state index < -0.39 is 0 Å². The van der Waals surface area contributed by atoms with Gasteiger partial charge in [-0.15, -0.1) is 0 Å². The Morgan fingerprint density at radius 1 is 1.27 bits per heavy atom. The molecule has 6 nitrogen and oxygen atoms in total. The first-order valence-electron chi connectivity index (χ1n) is 8.83. The van der Waals surface area contributed by atoms with E-state index in [1.54, 1.807) is 26.6 Å². The number of benzene rings is 1. The molecular formula is C19H23ClN4O2. The van der Waals surface area contributed by atoms with Gasteiger partial charge in [0.2, 0.25) is 5.91 Å². The van der Waals surface area contributed by atoms with Gasteiger partial charge < -0.3 is 9.80 Å². The van der Waals surface area contributed by atoms with E-state index in [9.17, 15) is 9.59 Å². The number of amides is 2. The summed E-state index contributed by atoms with van der Waals surface area (Å²) in [5.41, 5.74) is 2.19. The summed E-state index contributed by atoms with van der Waals surface area (Å²) in [6, 6.07) is 9.04. The van der Waals surface area contributed by atoms with E-state index in [2.05, 4.69) is 5.10 Å². The number of rotatable bonds is 4. The van der Waals surface area contributed by atoms with Crippen LogP contribution in [0.2, 0.25) is 5.02 Å². The van der Waals surface area contributed by atoms with Gasteiger partial charge in [0, 0.05) is 30.3 Å². The van der Waals surface area contributed by atoms with E-state index in [1.165, 1.54) is 0 Å². The number of hydrogen-bond donors (Lipinski definition) is 0. The average Bonchev–Trinajstić information content (AvgIpc) is 3.05. The van der Waals surface area contributed by atoms with E-state index in [0.29, 0.717) is 30.4 Å². The molecule has 2 aromatic rings. The van der Waals surface area contributed by atoms with Crippen molar-refractivity contribution in [1.29, 1.82) is 0 Å². The molecule has 1 fully saturated rings. The fraction of sp³-hybridized carbons (Fsp3) is 0.421. The lowest BCUT2D eigenvalue weighted by atomic mass is 10.1. The molecule has 2 amide bonds. The summed E-state index contributed by atoms with van der Waals surface area (Å²) in [6.07, 6.45) is 0. The zero-order valence-electron chi connectivity index (χ0n) is 15.3. The van der Waals surface area contributed by atoms with Crippen LogP contribution in [0.1, 0.15) is 42.9 Å². The Morgan fingerprint density at radius 2 is 2.04 bits per heavy atom. The quantitative estimate of drug-likeness (QED) is 0.825. The van der Waals surface area contributed by atoms with Gasteiger partial charge in [0.25, 0.3) is 5.91 Å². The van der Waals surface area contributed by atoms with Crippen molar-refractivity contribution < 1.29 is 9.59 Å². The highest BCUT2D eigenvalue weighted by Gasteiger charge is 2.30. The van der Waals surface area contributed by atoms with Crippen LogP contribution in [0.15, 0.2) is 30.3 Å². The van der Waals surface area contributed by atoms with Crippen LogP contribution in [0.25, 0.3) is 0 Å². The average molecular weight is 375 g/mol. The van der Waals surface area contributed by atoms with Crippen LogP contribution >= 0.6 is 11.6 Å². The molecule has 0 atom stereocenters. The van der Waals surface area contributed by atoms with Gasteiger partial charge in [-0.1, -0.05) is 31.5 Å². The van der Waals surface area contributed by atoms with Crippen LogP contribution in [-0.4, -0.2) is 46.1 Å². The minimum atomic E-state index is -0.148. The summed E-state index contributed by atoms with van der Waals surface area (Å²) in [5.74, 6) is -0.0143. The van der Waals surface area contributed by atoms with E-state index in [1.807, 2.05) is 39.0 Å². The van der Waals surface area contributed by atoms with Gasteiger partial charge in [-0.2, -0.15) is 5.10 Å². The van der Waals surface area contributed by atoms with Crippen LogP contribution in [0.3, 0.4) is 0 Å². The molecule has 0 bridgehead atoms. The Morgan fingerprint density at radius 3 is 2.65 bits per heavy atom. The standard InChI is InChI=1S/C19H23ClN4O2/c1-4-24-17(11-16(21-24)13(2)3)19(26)22-8-9-23(18(25)12-22)15-7-5-6-14(20)10-15/h5-7,10-11,13H,4,8-9,12H2,1-3H3. The molecule has 1 aliphatic heterocycles. The van der Waals surface area contributed by atoms with Gasteiger partial charge in [-0.3, -0.25) is 14.3 Å². The molecule has 0 saturated carbocycles. The SMILES string of the molecule is CCn1nc(C(C)C)cc1C(=O)N1CCN(c2cccc(Cl)c2)C(=O)C1. The number of halogens is 1. The fourth-order valence-electron chi connectivity index (χ4n) is 3.06. The van der Waals surface area contributed by atoms with Gasteiger partial charge in [0.1, 0.15) is 12.2 Å². The number of nitrogens with zero attached hydrogens (tertiary/aromatic N) is 4. The maximum absolute atomic E-state index is 12.9. The molecule has 0 N–H and O–H groups in total. The monoisotopic (exact) mass is 374 g/mol. The molecule has 1 saturated heterocycles. The molecule has 2 heterocycles. The third-order valence-electron chi connectivity index (χ3n) is 4.54. The molecule has 1 aromatic carbocycles. The Hall–Kier alpha value is -2.34. The summed E-state index contributed by atoms with van der Waals surface area (Å²) in [4.78, 5) is 28.8. The van der Waals surface area contributed by atoms with Crippen LogP contribution in [0, 0.1) is 0 Å². The molecular weight excluding hydrogens is 352 g/mol. The number of aryl methyl sites for hydroxylation is 1. The summed E-state index contributed by atoms with van der Waals surface area (Å²) < 4.78 is 1.71. The largest absolute Gasteiger partial charge is 0.326 e. The predicted molar refractivity (Wildman–Crippen MR) is 102 cm³/mol. The van der Waals surface area contributed by atoms with Crippen molar-refractivity contribution in [2.45, 2.75) is 33.2 Å². The molecule has 0 radical (unpaired) electrons. The molecule has 26 heavy (non-hydrogen) atoms. The fourth-order valence-corrected chi connectivity index (χ4v) is 3.24. The van der Waals surface area contributed by atoms with Crippen LogP contribution in [-0.2, 0) is 11.3 Å². The van der Waals surface area contributed by atoms with Crippen molar-refractivity contribution in [3.05, 3.63) is 46.7 Å². The van der Waals surface area contributed by atoms with Crippen molar-refractivity contribution in [2.75, 3.05) is 24.5 Å². The van der Waals surface area contributed by atoms with Crippen molar-refractivity contribution in [1.82, 2.24) is 14.7 Å². The van der Waals surface area contributed by atoms with E-state index in [-0.39, 0.29) is 24.3 Å². The number of carbonyl (C=O) groups excluding carboxylic acids is 2. The first kappa shape index (κ1) is 18.5. The minimum Gasteiger partial charge on any atom is -0.326 e. The van der Waals surface area contributed by atoms with Crippen molar-refractivity contribution >= 4 is 29.1 Å². The van der Waals surface area contributed by atoms with E-state index >= 15 is 0 Å². The second-order valence-electron chi connectivity index (χ2n) is 6.68. The molecule has 3 rings (SSSR count). The lowest BCUT2D eigenvalue weighted by Crippen LogP contribution is -2.52. The van der Waals surface area contributed by atoms with Crippen molar-refractivity contribution in [2.24, 2.45) is 0 Å². The van der Waals surface area contributed by atoms with Gasteiger partial charge in [-0.05, 0) is 37.1 Å². The summed E-state index contributed by atoms with van der Waals surface area (Å²) in [6.45, 7) is 7.64. The van der Waals surface area contributed by atoms with Crippen molar-refractivity contribution in [3.63, 3.8) is 0 Å². The summed E-state index contributed by atoms with van der Waals surface area (Å²) >= 11 is 6.02. The number of aromatic nitrogens is 2. The zero-order chi connectivity index (χ0) is 18.8. The Bertz CT molecular complexity index is 831. The Labute approximate surface area is 158 Å². The molecule has 1 aromatic heterocycles. The molecule has 0 spiro atoms. The smallest absolute Gasteiger partial charge is 0.272 e. The van der Waals surface area contributed by atoms with E-state index in [4.69, 9.17) is 11.6 Å². The summed E-state index contributed by atoms with van der Waals surface area (Å²) in [7, 11) is 0. The van der Waals surface area contributed by atoms with Gasteiger partial charge in [0.05, 0.1) is 5.69 Å². The number of piperazine rings is 1. The van der Waals surface area contributed by atoms with Crippen molar-refractivity contribution in [3.8, 4) is 0 Å². The second-order valence-corrected chi connectivity index (χ2v) is 7.11. The maximum Gasteiger partial charge on any atom is 0.272 e. The topological polar surface area (TPSA) is 58.4 Å². The third kappa shape index (κ3) is 3.60. The third-order valence-corrected chi connectivity index (χ3v) is 4.77. The number of anilines is 1. The number of carbonyl (C=O) groups is 2. The van der Waals surface area contributed by atoms with Gasteiger partial charge in [0.15, 0.2) is 0 Å². The summed E-state index contributed by atoms with van der Waals surface area (Å²) in [5, 5.41) is 5.08. The Kier molecular flexibility index (Phi) is 5.32. The Balaban J connectivity index is 1.76. The van der Waals surface area contributed by atoms with Gasteiger partial charge >= 0.3 is 0 Å². The highest BCUT2D eigenvalue weighted by molar-refractivity contribution is 6.30. The molecule has 1 aliphatic rings. The lowest BCUT2D eigenvalue weighted by Gasteiger charge is -2.34. The van der Waals surface area contributed by atoms with Crippen LogP contribution < -0.4 is 4.90 Å². The normalized spacial score (nSPS) is 15.0. The van der Waals surface area contributed by atoms with Crippen LogP contribution in [0.4, 0.5) is 5.69 Å². The van der Waals surface area contributed by atoms with E-state index in [0.717, 1.165) is 11.4 Å².